The maximum Gasteiger partial charge on any atom is 0.336 e. The van der Waals surface area contributed by atoms with Crippen molar-refractivity contribution in [3.8, 4) is 0 Å². The van der Waals surface area contributed by atoms with E-state index in [9.17, 15) is 9.59 Å². The third kappa shape index (κ3) is 3.95. The summed E-state index contributed by atoms with van der Waals surface area (Å²) in [4.78, 5) is 20.5. The maximum absolute atomic E-state index is 10.7. The Morgan fingerprint density at radius 3 is 2.41 bits per heavy atom. The number of carbonyl (C=O) groups excluding carboxylic acids is 1. The minimum Gasteiger partial charge on any atom is -0.423 e. The highest BCUT2D eigenvalue weighted by atomic mass is 16.4. The zero-order chi connectivity index (χ0) is 12.8. The lowest BCUT2D eigenvalue weighted by Crippen LogP contribution is -2.10. The van der Waals surface area contributed by atoms with E-state index in [-0.39, 0.29) is 5.63 Å². The fourth-order valence-corrected chi connectivity index (χ4v) is 1.01. The fraction of sp³-hybridized carbons (Fsp3) is 0.0769. The zero-order valence-corrected chi connectivity index (χ0v) is 9.47. The van der Waals surface area contributed by atoms with Gasteiger partial charge in [0.05, 0.1) is 0 Å². The zero-order valence-electron chi connectivity index (χ0n) is 9.47. The van der Waals surface area contributed by atoms with Gasteiger partial charge in [-0.3, -0.25) is 4.79 Å². The van der Waals surface area contributed by atoms with Crippen molar-refractivity contribution in [1.29, 1.82) is 0 Å². The van der Waals surface area contributed by atoms with Crippen LogP contribution < -0.4 is 11.4 Å². The van der Waals surface area contributed by atoms with Crippen LogP contribution in [0.5, 0.6) is 0 Å². The number of benzene rings is 1. The summed E-state index contributed by atoms with van der Waals surface area (Å²) in [5.74, 6) is -0.435. The molecule has 1 heterocycles. The van der Waals surface area contributed by atoms with Gasteiger partial charge in [0.2, 0.25) is 5.91 Å². The molecule has 2 rings (SSSR count). The van der Waals surface area contributed by atoms with Crippen LogP contribution in [0.4, 0.5) is 0 Å². The Labute approximate surface area is 98.4 Å². The van der Waals surface area contributed by atoms with Crippen LogP contribution in [0.3, 0.4) is 0 Å². The van der Waals surface area contributed by atoms with E-state index in [0.717, 1.165) is 5.39 Å². The quantitative estimate of drug-likeness (QED) is 0.601. The number of nitrogens with two attached hydrogens (primary N) is 1. The Balaban J connectivity index is 0.000000209. The molecule has 0 saturated heterocycles. The van der Waals surface area contributed by atoms with Crippen molar-refractivity contribution in [2.45, 2.75) is 6.92 Å². The smallest absolute Gasteiger partial charge is 0.336 e. The maximum atomic E-state index is 10.7. The van der Waals surface area contributed by atoms with Gasteiger partial charge < -0.3 is 10.2 Å². The molecule has 0 atom stereocenters. The normalized spacial score (nSPS) is 9.24. The second-order valence-corrected chi connectivity index (χ2v) is 3.44. The number of fused-ring (bicyclic) bond motifs is 1. The first-order valence-electron chi connectivity index (χ1n) is 4.95. The molecular weight excluding hydrogens is 218 g/mol. The lowest BCUT2D eigenvalue weighted by molar-refractivity contribution is -0.114. The molecule has 0 unspecified atom stereocenters. The minimum atomic E-state index is -0.435. The second kappa shape index (κ2) is 5.65. The van der Waals surface area contributed by atoms with Crippen molar-refractivity contribution >= 4 is 16.9 Å². The average molecular weight is 231 g/mol. The number of rotatable bonds is 1. The summed E-state index contributed by atoms with van der Waals surface area (Å²) >= 11 is 0. The summed E-state index contributed by atoms with van der Waals surface area (Å²) in [5, 5.41) is 0.951. The highest BCUT2D eigenvalue weighted by molar-refractivity contribution is 5.90. The van der Waals surface area contributed by atoms with Crippen molar-refractivity contribution in [3.05, 3.63) is 59.0 Å². The number of hydrogen-bond donors (Lipinski definition) is 1. The number of para-hydroxylation sites is 1. The van der Waals surface area contributed by atoms with E-state index >= 15 is 0 Å². The molecule has 0 fully saturated rings. The Bertz CT molecular complexity index is 587. The first-order chi connectivity index (χ1) is 8.00. The lowest BCUT2D eigenvalue weighted by Gasteiger charge is -1.91. The molecule has 0 saturated carbocycles. The van der Waals surface area contributed by atoms with E-state index in [1.165, 1.54) is 6.07 Å². The third-order valence-electron chi connectivity index (χ3n) is 1.95. The van der Waals surface area contributed by atoms with Crippen LogP contribution in [0.2, 0.25) is 0 Å². The SMILES string of the molecule is C=C(C)C(N)=O.O=c1ccc2ccccc2o1. The van der Waals surface area contributed by atoms with Gasteiger partial charge in [-0.15, -0.1) is 0 Å². The highest BCUT2D eigenvalue weighted by Crippen LogP contribution is 2.08. The fourth-order valence-electron chi connectivity index (χ4n) is 1.01. The molecule has 1 amide bonds. The van der Waals surface area contributed by atoms with Gasteiger partial charge >= 0.3 is 5.63 Å². The standard InChI is InChI=1S/C9H6O2.C4H7NO/c10-9-6-5-7-3-1-2-4-8(7)11-9;1-3(2)4(5)6/h1-6H;1H2,2H3,(H2,5,6). The molecule has 0 spiro atoms. The molecule has 1 aromatic carbocycles. The van der Waals surface area contributed by atoms with Crippen molar-refractivity contribution < 1.29 is 9.21 Å². The molecular formula is C13H13NO3. The van der Waals surface area contributed by atoms with Crippen molar-refractivity contribution in [3.63, 3.8) is 0 Å². The Kier molecular flexibility index (Phi) is 4.22. The first-order valence-corrected chi connectivity index (χ1v) is 4.95. The summed E-state index contributed by atoms with van der Waals surface area (Å²) in [6, 6.07) is 10.6. The molecule has 1 aromatic heterocycles. The van der Waals surface area contributed by atoms with Crippen molar-refractivity contribution in [1.82, 2.24) is 0 Å². The predicted octanol–water partition coefficient (Wildman–Crippen LogP) is 1.84. The van der Waals surface area contributed by atoms with Crippen LogP contribution in [0.25, 0.3) is 11.0 Å². The number of primary amides is 1. The van der Waals surface area contributed by atoms with E-state index in [1.807, 2.05) is 18.2 Å². The van der Waals surface area contributed by atoms with Gasteiger partial charge in [-0.05, 0) is 19.1 Å². The summed E-state index contributed by atoms with van der Waals surface area (Å²) < 4.78 is 4.91. The Morgan fingerprint density at radius 2 is 1.82 bits per heavy atom. The highest BCUT2D eigenvalue weighted by Gasteiger charge is 1.92. The molecule has 4 heteroatoms. The topological polar surface area (TPSA) is 73.3 Å². The van der Waals surface area contributed by atoms with E-state index in [2.05, 4.69) is 6.58 Å². The first kappa shape index (κ1) is 12.7. The largest absolute Gasteiger partial charge is 0.423 e. The van der Waals surface area contributed by atoms with Crippen LogP contribution in [-0.4, -0.2) is 5.91 Å². The number of amides is 1. The van der Waals surface area contributed by atoms with Gasteiger partial charge in [0, 0.05) is 17.0 Å². The van der Waals surface area contributed by atoms with Gasteiger partial charge in [-0.1, -0.05) is 24.8 Å². The molecule has 0 aliphatic heterocycles. The van der Waals surface area contributed by atoms with Crippen LogP contribution in [0.15, 0.2) is 57.8 Å². The van der Waals surface area contributed by atoms with Gasteiger partial charge in [0.1, 0.15) is 5.58 Å². The number of carbonyl (C=O) groups is 1. The monoisotopic (exact) mass is 231 g/mol. The molecule has 0 aliphatic carbocycles. The van der Waals surface area contributed by atoms with E-state index in [0.29, 0.717) is 11.2 Å². The Morgan fingerprint density at radius 1 is 1.24 bits per heavy atom. The van der Waals surface area contributed by atoms with Crippen LogP contribution in [-0.2, 0) is 4.79 Å². The second-order valence-electron chi connectivity index (χ2n) is 3.44. The van der Waals surface area contributed by atoms with Gasteiger partial charge in [0.15, 0.2) is 0 Å². The van der Waals surface area contributed by atoms with Gasteiger partial charge in [-0.25, -0.2) is 4.79 Å². The van der Waals surface area contributed by atoms with Crippen LogP contribution in [0, 0.1) is 0 Å². The Hall–Kier alpha value is -2.36. The van der Waals surface area contributed by atoms with Gasteiger partial charge in [0.25, 0.3) is 0 Å². The molecule has 0 radical (unpaired) electrons. The minimum absolute atomic E-state index is 0.302. The van der Waals surface area contributed by atoms with Crippen LogP contribution in [0.1, 0.15) is 6.92 Å². The molecule has 0 bridgehead atoms. The molecule has 0 aliphatic rings. The van der Waals surface area contributed by atoms with Crippen molar-refractivity contribution in [2.24, 2.45) is 5.73 Å². The molecule has 2 N–H and O–H groups in total. The van der Waals surface area contributed by atoms with Crippen LogP contribution >= 0.6 is 0 Å². The lowest BCUT2D eigenvalue weighted by atomic mass is 10.2. The molecule has 2 aromatic rings. The third-order valence-corrected chi connectivity index (χ3v) is 1.95. The van der Waals surface area contributed by atoms with Gasteiger partial charge in [-0.2, -0.15) is 0 Å². The van der Waals surface area contributed by atoms with E-state index < -0.39 is 5.91 Å². The molecule has 88 valence electrons. The summed E-state index contributed by atoms with van der Waals surface area (Å²) in [6.07, 6.45) is 0. The van der Waals surface area contributed by atoms with Crippen molar-refractivity contribution in [2.75, 3.05) is 0 Å². The summed E-state index contributed by atoms with van der Waals surface area (Å²) in [7, 11) is 0. The van der Waals surface area contributed by atoms with E-state index in [4.69, 9.17) is 10.2 Å². The molecule has 17 heavy (non-hydrogen) atoms. The number of hydrogen-bond acceptors (Lipinski definition) is 3. The predicted molar refractivity (Wildman–Crippen MR) is 66.5 cm³/mol. The molecule has 4 nitrogen and oxygen atoms in total. The van der Waals surface area contributed by atoms with E-state index in [1.54, 1.807) is 19.1 Å². The average Bonchev–Trinajstić information content (AvgIpc) is 2.29. The summed E-state index contributed by atoms with van der Waals surface area (Å²) in [6.45, 7) is 4.85. The summed E-state index contributed by atoms with van der Waals surface area (Å²) in [5.41, 5.74) is 5.43.